The molecule has 2 amide bonds. The van der Waals surface area contributed by atoms with E-state index in [0.29, 0.717) is 24.2 Å². The Morgan fingerprint density at radius 1 is 1.16 bits per heavy atom. The van der Waals surface area contributed by atoms with E-state index in [1.54, 1.807) is 17.0 Å². The number of fused-ring (bicyclic) bond motifs is 3. The van der Waals surface area contributed by atoms with E-state index in [1.165, 1.54) is 12.0 Å². The number of hydrogen-bond acceptors (Lipinski definition) is 5. The molecule has 0 radical (unpaired) electrons. The van der Waals surface area contributed by atoms with Gasteiger partial charge in [-0.15, -0.1) is 0 Å². The monoisotopic (exact) mass is 539 g/mol. The maximum Gasteiger partial charge on any atom is 0.455 e. The van der Waals surface area contributed by atoms with Gasteiger partial charge in [0.15, 0.2) is 0 Å². The van der Waals surface area contributed by atoms with E-state index in [0.717, 1.165) is 61.7 Å². The minimum Gasteiger partial charge on any atom is -0.508 e. The van der Waals surface area contributed by atoms with Gasteiger partial charge in [0, 0.05) is 6.04 Å². The van der Waals surface area contributed by atoms with Gasteiger partial charge in [0.2, 0.25) is 11.8 Å². The molecule has 1 saturated carbocycles. The molecule has 204 valence electrons. The second-order valence-electron chi connectivity index (χ2n) is 11.6. The van der Waals surface area contributed by atoms with Crippen LogP contribution in [0.3, 0.4) is 0 Å². The van der Waals surface area contributed by atoms with Crippen molar-refractivity contribution in [2.24, 2.45) is 17.8 Å². The van der Waals surface area contributed by atoms with Crippen molar-refractivity contribution in [3.05, 3.63) is 45.5 Å². The van der Waals surface area contributed by atoms with Crippen LogP contribution in [0.1, 0.15) is 83.6 Å². The number of phenols is 1. The van der Waals surface area contributed by atoms with Crippen LogP contribution in [-0.2, 0) is 14.2 Å². The summed E-state index contributed by atoms with van der Waals surface area (Å²) in [6, 6.07) is 5.03. The fraction of sp³-hybridized carbons (Fsp3) is 0.600. The zero-order valence-electron chi connectivity index (χ0n) is 22.5. The third-order valence-corrected chi connectivity index (χ3v) is 9.40. The van der Waals surface area contributed by atoms with Crippen LogP contribution in [0.25, 0.3) is 6.08 Å². The second kappa shape index (κ2) is 11.6. The number of amides is 2. The normalized spacial score (nSPS) is 28.7. The molecule has 6 nitrogen and oxygen atoms in total. The molecule has 2 aliphatic carbocycles. The molecule has 0 aromatic heterocycles. The molecule has 2 saturated heterocycles. The van der Waals surface area contributed by atoms with E-state index in [-0.39, 0.29) is 47.5 Å². The maximum atomic E-state index is 13.8. The Labute approximate surface area is 231 Å². The van der Waals surface area contributed by atoms with Gasteiger partial charge in [0.1, 0.15) is 5.75 Å². The first-order chi connectivity index (χ1) is 18.3. The highest BCUT2D eigenvalue weighted by Crippen LogP contribution is 2.51. The first-order valence-corrected chi connectivity index (χ1v) is 14.7. The van der Waals surface area contributed by atoms with Gasteiger partial charge >= 0.3 is 7.12 Å². The lowest BCUT2D eigenvalue weighted by molar-refractivity contribution is -0.143. The molecule has 1 aromatic rings. The fourth-order valence-electron chi connectivity index (χ4n) is 7.40. The summed E-state index contributed by atoms with van der Waals surface area (Å²) in [5, 5.41) is 21.0. The van der Waals surface area contributed by atoms with Crippen molar-refractivity contribution in [1.82, 2.24) is 4.90 Å². The first kappa shape index (κ1) is 27.5. The molecular weight excluding hydrogens is 501 g/mol. The van der Waals surface area contributed by atoms with E-state index in [9.17, 15) is 19.7 Å². The highest BCUT2D eigenvalue weighted by atomic mass is 35.5. The van der Waals surface area contributed by atoms with Crippen LogP contribution in [-0.4, -0.2) is 46.1 Å². The van der Waals surface area contributed by atoms with Crippen molar-refractivity contribution in [3.63, 3.8) is 0 Å². The van der Waals surface area contributed by atoms with E-state index in [1.807, 2.05) is 6.07 Å². The van der Waals surface area contributed by atoms with Crippen molar-refractivity contribution < 1.29 is 24.4 Å². The molecule has 38 heavy (non-hydrogen) atoms. The van der Waals surface area contributed by atoms with Crippen molar-refractivity contribution in [2.45, 2.75) is 96.5 Å². The topological polar surface area (TPSA) is 87.1 Å². The summed E-state index contributed by atoms with van der Waals surface area (Å²) in [5.74, 6) is -0.732. The van der Waals surface area contributed by atoms with Crippen LogP contribution < -0.4 is 0 Å². The number of carbonyl (C=O) groups excluding carboxylic acids is 2. The molecule has 3 fully saturated rings. The van der Waals surface area contributed by atoms with Crippen molar-refractivity contribution in [1.29, 1.82) is 0 Å². The number of hydrogen-bond donors (Lipinski definition) is 2. The Balaban J connectivity index is 1.37. The highest BCUT2D eigenvalue weighted by molar-refractivity contribution is 6.43. The predicted molar refractivity (Wildman–Crippen MR) is 149 cm³/mol. The number of aromatic hydroxyl groups is 1. The second-order valence-corrected chi connectivity index (χ2v) is 12.0. The quantitative estimate of drug-likeness (QED) is 0.246. The summed E-state index contributed by atoms with van der Waals surface area (Å²) in [7, 11) is -0.947. The summed E-state index contributed by atoms with van der Waals surface area (Å²) in [4.78, 5) is 28.9. The average molecular weight is 540 g/mol. The van der Waals surface area contributed by atoms with E-state index in [4.69, 9.17) is 16.3 Å². The minimum absolute atomic E-state index is 0.00164. The van der Waals surface area contributed by atoms with Gasteiger partial charge in [0.25, 0.3) is 0 Å². The van der Waals surface area contributed by atoms with Crippen molar-refractivity contribution >= 4 is 36.6 Å². The summed E-state index contributed by atoms with van der Waals surface area (Å²) in [6.45, 7) is 4.21. The summed E-state index contributed by atoms with van der Waals surface area (Å²) in [6.07, 6.45) is 11.2. The lowest BCUT2D eigenvalue weighted by atomic mass is 9.58. The molecule has 4 atom stereocenters. The Bertz CT molecular complexity index is 1140. The number of carbonyl (C=O) groups is 2. The molecule has 0 unspecified atom stereocenters. The molecule has 0 spiro atoms. The maximum absolute atomic E-state index is 13.8. The lowest BCUT2D eigenvalue weighted by Gasteiger charge is -2.42. The van der Waals surface area contributed by atoms with Gasteiger partial charge in [-0.05, 0) is 87.0 Å². The highest BCUT2D eigenvalue weighted by Gasteiger charge is 2.57. The van der Waals surface area contributed by atoms with Gasteiger partial charge in [-0.1, -0.05) is 61.4 Å². The van der Waals surface area contributed by atoms with Gasteiger partial charge < -0.3 is 14.8 Å². The Morgan fingerprint density at radius 2 is 1.92 bits per heavy atom. The van der Waals surface area contributed by atoms with Crippen LogP contribution in [0.5, 0.6) is 5.75 Å². The molecule has 2 heterocycles. The first-order valence-electron chi connectivity index (χ1n) is 14.4. The zero-order valence-corrected chi connectivity index (χ0v) is 23.3. The molecule has 2 N–H and O–H groups in total. The zero-order chi connectivity index (χ0) is 27.0. The van der Waals surface area contributed by atoms with Crippen molar-refractivity contribution in [2.75, 3.05) is 0 Å². The van der Waals surface area contributed by atoms with Crippen molar-refractivity contribution in [3.8, 4) is 5.75 Å². The molecule has 0 bridgehead atoms. The Hall–Kier alpha value is -2.09. The van der Waals surface area contributed by atoms with Crippen LogP contribution in [0.4, 0.5) is 0 Å². The van der Waals surface area contributed by atoms with Gasteiger partial charge in [-0.3, -0.25) is 14.5 Å². The molecule has 8 heteroatoms. The Kier molecular flexibility index (Phi) is 8.37. The van der Waals surface area contributed by atoms with Gasteiger partial charge in [0.05, 0.1) is 23.0 Å². The number of benzene rings is 1. The standard InChI is InChI=1S/C30H39BClNO5/c1-3-7-19(15-20-11-12-22(34)16-25(20)32)10-13-26-27-18(2)14-23-28(24(27)17-31(37)38-26)30(36)33(29(23)35)21-8-5-4-6-9-21/h11-12,15-16,21,23-24,26,28,34,37H,3-10,13-14,17H2,1-2H3/b19-15+/t23-,24+,26-,28-/m1/s1. The molecule has 1 aromatic carbocycles. The van der Waals surface area contributed by atoms with E-state index < -0.39 is 7.12 Å². The predicted octanol–water partition coefficient (Wildman–Crippen LogP) is 6.16. The molecule has 2 aliphatic heterocycles. The number of phenolic OH excluding ortho intramolecular Hbond substituents is 1. The summed E-state index contributed by atoms with van der Waals surface area (Å²) < 4.78 is 6.10. The Morgan fingerprint density at radius 3 is 2.63 bits per heavy atom. The van der Waals surface area contributed by atoms with Crippen LogP contribution in [0.15, 0.2) is 34.9 Å². The van der Waals surface area contributed by atoms with E-state index >= 15 is 0 Å². The van der Waals surface area contributed by atoms with Crippen LogP contribution in [0.2, 0.25) is 11.3 Å². The number of nitrogens with zero attached hydrogens (tertiary/aromatic N) is 1. The minimum atomic E-state index is -0.947. The molecular formula is C30H39BClNO5. The SMILES string of the molecule is CCC/C(=C\c1ccc(O)cc1Cl)CC[C@H]1OB(O)C[C@H]2C1=C(C)C[C@H]1C(=O)N(C3CCCCC3)C(=O)[C@H]12. The lowest BCUT2D eigenvalue weighted by Crippen LogP contribution is -2.46. The average Bonchev–Trinajstić information content (AvgIpc) is 3.13. The number of rotatable bonds is 7. The number of allylic oxidation sites excluding steroid dienone is 2. The van der Waals surface area contributed by atoms with Crippen LogP contribution >= 0.6 is 11.6 Å². The number of imide groups is 1. The summed E-state index contributed by atoms with van der Waals surface area (Å²) in [5.41, 5.74) is 4.36. The fourth-order valence-corrected chi connectivity index (χ4v) is 7.63. The van der Waals surface area contributed by atoms with Gasteiger partial charge in [-0.25, -0.2) is 0 Å². The summed E-state index contributed by atoms with van der Waals surface area (Å²) >= 11 is 6.36. The third kappa shape index (κ3) is 5.34. The molecule has 5 rings (SSSR count). The largest absolute Gasteiger partial charge is 0.508 e. The third-order valence-electron chi connectivity index (χ3n) is 9.07. The van der Waals surface area contributed by atoms with Gasteiger partial charge in [-0.2, -0.15) is 0 Å². The van der Waals surface area contributed by atoms with E-state index in [2.05, 4.69) is 19.9 Å². The number of halogens is 1. The number of likely N-dealkylation sites (tertiary alicyclic amines) is 1. The van der Waals surface area contributed by atoms with Crippen LogP contribution in [0, 0.1) is 17.8 Å². The molecule has 4 aliphatic rings. The smallest absolute Gasteiger partial charge is 0.455 e.